The van der Waals surface area contributed by atoms with E-state index >= 15 is 0 Å². The summed E-state index contributed by atoms with van der Waals surface area (Å²) in [5.41, 5.74) is 0.261. The first-order chi connectivity index (χ1) is 7.45. The number of fused-ring (bicyclic) bond motifs is 1. The standard InChI is InChI=1S/C10H9F3O2S/c1-15-9(14)7-5-3-2-4-6(5)16-8(7)10(11,12)13/h2-4H2,1H3. The predicted octanol–water partition coefficient (Wildman–Crippen LogP) is 3.04. The van der Waals surface area contributed by atoms with Crippen LogP contribution in [0.25, 0.3) is 0 Å². The van der Waals surface area contributed by atoms with Crippen molar-refractivity contribution in [3.8, 4) is 0 Å². The molecule has 88 valence electrons. The van der Waals surface area contributed by atoms with Crippen LogP contribution in [0.1, 0.15) is 32.1 Å². The number of halogens is 3. The minimum atomic E-state index is -4.47. The Labute approximate surface area is 94.0 Å². The van der Waals surface area contributed by atoms with Gasteiger partial charge in [-0.1, -0.05) is 0 Å². The highest BCUT2D eigenvalue weighted by Crippen LogP contribution is 2.44. The Morgan fingerprint density at radius 2 is 2.06 bits per heavy atom. The summed E-state index contributed by atoms with van der Waals surface area (Å²) in [6.45, 7) is 0. The molecule has 0 unspecified atom stereocenters. The van der Waals surface area contributed by atoms with Crippen LogP contribution in [0.15, 0.2) is 0 Å². The van der Waals surface area contributed by atoms with E-state index in [1.54, 1.807) is 0 Å². The molecule has 2 nitrogen and oxygen atoms in total. The van der Waals surface area contributed by atoms with E-state index < -0.39 is 17.0 Å². The van der Waals surface area contributed by atoms with Crippen molar-refractivity contribution in [1.82, 2.24) is 0 Å². The third-order valence-corrected chi connectivity index (χ3v) is 3.90. The zero-order valence-electron chi connectivity index (χ0n) is 8.48. The molecule has 1 aliphatic carbocycles. The van der Waals surface area contributed by atoms with E-state index in [0.29, 0.717) is 34.6 Å². The van der Waals surface area contributed by atoms with Gasteiger partial charge in [-0.05, 0) is 24.8 Å². The summed E-state index contributed by atoms with van der Waals surface area (Å²) in [4.78, 5) is 11.2. The number of hydrogen-bond donors (Lipinski definition) is 0. The number of alkyl halides is 3. The molecule has 0 aromatic carbocycles. The van der Waals surface area contributed by atoms with Gasteiger partial charge < -0.3 is 4.74 Å². The van der Waals surface area contributed by atoms with Crippen molar-refractivity contribution in [3.05, 3.63) is 20.9 Å². The molecule has 1 aromatic rings. The van der Waals surface area contributed by atoms with Gasteiger partial charge in [-0.3, -0.25) is 0 Å². The van der Waals surface area contributed by atoms with E-state index in [1.807, 2.05) is 0 Å². The normalized spacial score (nSPS) is 15.0. The van der Waals surface area contributed by atoms with Crippen molar-refractivity contribution in [3.63, 3.8) is 0 Å². The largest absolute Gasteiger partial charge is 0.465 e. The third kappa shape index (κ3) is 1.71. The van der Waals surface area contributed by atoms with Crippen LogP contribution in [-0.2, 0) is 23.8 Å². The van der Waals surface area contributed by atoms with E-state index in [9.17, 15) is 18.0 Å². The molecule has 0 atom stereocenters. The maximum absolute atomic E-state index is 12.7. The zero-order chi connectivity index (χ0) is 11.9. The van der Waals surface area contributed by atoms with Crippen LogP contribution in [0.5, 0.6) is 0 Å². The maximum Gasteiger partial charge on any atom is 0.426 e. The molecule has 0 bridgehead atoms. The lowest BCUT2D eigenvalue weighted by molar-refractivity contribution is -0.134. The quantitative estimate of drug-likeness (QED) is 0.716. The number of hydrogen-bond acceptors (Lipinski definition) is 3. The van der Waals surface area contributed by atoms with E-state index in [0.717, 1.165) is 13.5 Å². The van der Waals surface area contributed by atoms with E-state index in [4.69, 9.17) is 0 Å². The number of methoxy groups -OCH3 is 1. The summed E-state index contributed by atoms with van der Waals surface area (Å²) >= 11 is 0.673. The molecule has 0 radical (unpaired) electrons. The molecule has 16 heavy (non-hydrogen) atoms. The summed E-state index contributed by atoms with van der Waals surface area (Å²) in [5.74, 6) is -0.883. The molecular weight excluding hydrogens is 241 g/mol. The molecule has 1 heterocycles. The molecule has 1 aromatic heterocycles. The fourth-order valence-electron chi connectivity index (χ4n) is 1.92. The molecule has 0 N–H and O–H groups in total. The lowest BCUT2D eigenvalue weighted by Crippen LogP contribution is -2.12. The molecule has 1 aliphatic rings. The average Bonchev–Trinajstić information content (AvgIpc) is 2.73. The first kappa shape index (κ1) is 11.4. The minimum Gasteiger partial charge on any atom is -0.465 e. The van der Waals surface area contributed by atoms with E-state index in [2.05, 4.69) is 4.74 Å². The van der Waals surface area contributed by atoms with Crippen molar-refractivity contribution in [2.24, 2.45) is 0 Å². The van der Waals surface area contributed by atoms with Crippen molar-refractivity contribution >= 4 is 17.3 Å². The summed E-state index contributed by atoms with van der Waals surface area (Å²) in [6, 6.07) is 0. The van der Waals surface area contributed by atoms with Gasteiger partial charge in [-0.25, -0.2) is 4.79 Å². The van der Waals surface area contributed by atoms with Crippen LogP contribution in [0.3, 0.4) is 0 Å². The number of rotatable bonds is 1. The van der Waals surface area contributed by atoms with Gasteiger partial charge in [0.25, 0.3) is 0 Å². The molecule has 0 amide bonds. The average molecular weight is 250 g/mol. The van der Waals surface area contributed by atoms with Crippen molar-refractivity contribution in [2.75, 3.05) is 7.11 Å². The highest BCUT2D eigenvalue weighted by atomic mass is 32.1. The summed E-state index contributed by atoms with van der Waals surface area (Å²) in [5, 5.41) is 0. The molecule has 6 heteroatoms. The lowest BCUT2D eigenvalue weighted by atomic mass is 10.1. The monoisotopic (exact) mass is 250 g/mol. The zero-order valence-corrected chi connectivity index (χ0v) is 9.30. The minimum absolute atomic E-state index is 0.271. The number of thiophene rings is 1. The molecule has 0 fully saturated rings. The van der Waals surface area contributed by atoms with Crippen LogP contribution in [-0.4, -0.2) is 13.1 Å². The van der Waals surface area contributed by atoms with Gasteiger partial charge in [0.05, 0.1) is 12.7 Å². The first-order valence-corrected chi connectivity index (χ1v) is 5.57. The maximum atomic E-state index is 12.7. The molecular formula is C10H9F3O2S. The van der Waals surface area contributed by atoms with Crippen LogP contribution in [0, 0.1) is 0 Å². The van der Waals surface area contributed by atoms with E-state index in [1.165, 1.54) is 0 Å². The second-order valence-electron chi connectivity index (χ2n) is 3.55. The van der Waals surface area contributed by atoms with E-state index in [-0.39, 0.29) is 5.56 Å². The fourth-order valence-corrected chi connectivity index (χ4v) is 3.17. The Balaban J connectivity index is 2.58. The number of aryl methyl sites for hydroxylation is 1. The second kappa shape index (κ2) is 3.76. The Kier molecular flexibility index (Phi) is 2.69. The predicted molar refractivity (Wildman–Crippen MR) is 52.7 cm³/mol. The third-order valence-electron chi connectivity index (χ3n) is 2.57. The van der Waals surface area contributed by atoms with Crippen LogP contribution < -0.4 is 0 Å². The fraction of sp³-hybridized carbons (Fsp3) is 0.500. The SMILES string of the molecule is COC(=O)c1c(C(F)(F)F)sc2c1CCC2. The van der Waals surface area contributed by atoms with Gasteiger partial charge in [0.15, 0.2) is 0 Å². The van der Waals surface area contributed by atoms with Gasteiger partial charge in [0.1, 0.15) is 4.88 Å². The van der Waals surface area contributed by atoms with Gasteiger partial charge in [-0.15, -0.1) is 11.3 Å². The molecule has 0 aliphatic heterocycles. The van der Waals surface area contributed by atoms with Gasteiger partial charge in [0, 0.05) is 4.88 Å². The molecule has 2 rings (SSSR count). The summed E-state index contributed by atoms with van der Waals surface area (Å²) < 4.78 is 42.5. The topological polar surface area (TPSA) is 26.3 Å². The van der Waals surface area contributed by atoms with Crippen LogP contribution >= 0.6 is 11.3 Å². The Morgan fingerprint density at radius 3 is 2.62 bits per heavy atom. The Hall–Kier alpha value is -1.04. The van der Waals surface area contributed by atoms with Gasteiger partial charge in [-0.2, -0.15) is 13.2 Å². The Bertz CT molecular complexity index is 434. The van der Waals surface area contributed by atoms with Crippen molar-refractivity contribution in [2.45, 2.75) is 25.4 Å². The molecule has 0 spiro atoms. The number of carbonyl (C=O) groups is 1. The highest BCUT2D eigenvalue weighted by Gasteiger charge is 2.41. The smallest absolute Gasteiger partial charge is 0.426 e. The van der Waals surface area contributed by atoms with Gasteiger partial charge >= 0.3 is 12.1 Å². The second-order valence-corrected chi connectivity index (χ2v) is 4.66. The summed E-state index contributed by atoms with van der Waals surface area (Å²) in [7, 11) is 1.10. The lowest BCUT2D eigenvalue weighted by Gasteiger charge is -2.07. The number of esters is 1. The van der Waals surface area contributed by atoms with Crippen LogP contribution in [0.4, 0.5) is 13.2 Å². The van der Waals surface area contributed by atoms with Crippen molar-refractivity contribution in [1.29, 1.82) is 0 Å². The van der Waals surface area contributed by atoms with Gasteiger partial charge in [0.2, 0.25) is 0 Å². The summed E-state index contributed by atoms with van der Waals surface area (Å²) in [6.07, 6.45) is -2.51. The van der Waals surface area contributed by atoms with Crippen LogP contribution in [0.2, 0.25) is 0 Å². The van der Waals surface area contributed by atoms with Crippen molar-refractivity contribution < 1.29 is 22.7 Å². The Morgan fingerprint density at radius 1 is 1.38 bits per heavy atom. The molecule has 0 saturated carbocycles. The highest BCUT2D eigenvalue weighted by molar-refractivity contribution is 7.12. The first-order valence-electron chi connectivity index (χ1n) is 4.75. The number of ether oxygens (including phenoxy) is 1. The molecule has 0 saturated heterocycles. The number of carbonyl (C=O) groups excluding carboxylic acids is 1.